The molecule has 1 saturated heterocycles. The molecule has 0 bridgehead atoms. The summed E-state index contributed by atoms with van der Waals surface area (Å²) in [5.74, 6) is -0.445. The van der Waals surface area contributed by atoms with E-state index in [1.54, 1.807) is 17.2 Å². The predicted octanol–water partition coefficient (Wildman–Crippen LogP) is 2.11. The monoisotopic (exact) mass is 366 g/mol. The number of imidazole rings is 1. The van der Waals surface area contributed by atoms with Gasteiger partial charge in [-0.15, -0.1) is 0 Å². The number of pyridine rings is 1. The van der Waals surface area contributed by atoms with Crippen molar-refractivity contribution in [2.45, 2.75) is 0 Å². The van der Waals surface area contributed by atoms with E-state index in [-0.39, 0.29) is 24.1 Å². The van der Waals surface area contributed by atoms with Crippen LogP contribution in [0.4, 0.5) is 4.39 Å². The fraction of sp³-hybridized carbons (Fsp3) is 0.250. The summed E-state index contributed by atoms with van der Waals surface area (Å²) >= 11 is 0. The summed E-state index contributed by atoms with van der Waals surface area (Å²) < 4.78 is 14.8. The minimum Gasteiger partial charge on any atom is -0.336 e. The van der Waals surface area contributed by atoms with E-state index in [1.165, 1.54) is 24.3 Å². The lowest BCUT2D eigenvalue weighted by Gasteiger charge is -2.34. The Hall–Kier alpha value is -3.06. The number of rotatable bonds is 4. The van der Waals surface area contributed by atoms with Crippen molar-refractivity contribution in [2.75, 3.05) is 32.7 Å². The second-order valence-electron chi connectivity index (χ2n) is 6.58. The maximum Gasteiger partial charge on any atom is 0.257 e. The molecule has 0 N–H and O–H groups in total. The van der Waals surface area contributed by atoms with Crippen LogP contribution in [0.15, 0.2) is 55.0 Å². The van der Waals surface area contributed by atoms with Crippen LogP contribution in [0.2, 0.25) is 0 Å². The molecule has 7 heteroatoms. The van der Waals surface area contributed by atoms with Gasteiger partial charge in [-0.1, -0.05) is 0 Å². The van der Waals surface area contributed by atoms with Crippen molar-refractivity contribution < 1.29 is 14.0 Å². The van der Waals surface area contributed by atoms with E-state index in [1.807, 2.05) is 27.8 Å². The first-order chi connectivity index (χ1) is 13.1. The molecule has 1 aromatic carbocycles. The average Bonchev–Trinajstić information content (AvgIpc) is 3.17. The first-order valence-corrected chi connectivity index (χ1v) is 8.84. The van der Waals surface area contributed by atoms with Crippen molar-refractivity contribution in [1.29, 1.82) is 0 Å². The molecule has 2 aromatic heterocycles. The summed E-state index contributed by atoms with van der Waals surface area (Å²) in [4.78, 5) is 33.2. The van der Waals surface area contributed by atoms with Crippen LogP contribution in [0, 0.1) is 5.82 Å². The Bertz CT molecular complexity index is 975. The lowest BCUT2D eigenvalue weighted by atomic mass is 10.1. The second-order valence-corrected chi connectivity index (χ2v) is 6.58. The number of Topliss-reactive ketones (excluding diaryl/α,β-unsaturated/α-hetero) is 1. The maximum atomic E-state index is 13.0. The smallest absolute Gasteiger partial charge is 0.257 e. The van der Waals surface area contributed by atoms with Gasteiger partial charge in [-0.05, 0) is 36.4 Å². The van der Waals surface area contributed by atoms with Crippen LogP contribution in [0.1, 0.15) is 20.7 Å². The number of nitrogens with zero attached hydrogens (tertiary/aromatic N) is 4. The van der Waals surface area contributed by atoms with Gasteiger partial charge in [0.25, 0.3) is 5.91 Å². The van der Waals surface area contributed by atoms with Crippen molar-refractivity contribution in [3.8, 4) is 0 Å². The quantitative estimate of drug-likeness (QED) is 0.664. The average molecular weight is 366 g/mol. The minimum atomic E-state index is -0.355. The number of benzene rings is 1. The third-order valence-electron chi connectivity index (χ3n) is 4.84. The van der Waals surface area contributed by atoms with Gasteiger partial charge in [0.15, 0.2) is 5.78 Å². The van der Waals surface area contributed by atoms with Gasteiger partial charge < -0.3 is 9.30 Å². The SMILES string of the molecule is O=C(CN1CCN(C(=O)c2cccn3ccnc23)CC1)c1ccc(F)cc1. The van der Waals surface area contributed by atoms with Crippen LogP contribution >= 0.6 is 0 Å². The van der Waals surface area contributed by atoms with Gasteiger partial charge in [-0.3, -0.25) is 14.5 Å². The topological polar surface area (TPSA) is 57.9 Å². The molecule has 0 spiro atoms. The fourth-order valence-electron chi connectivity index (χ4n) is 3.32. The normalized spacial score (nSPS) is 15.2. The molecule has 1 fully saturated rings. The predicted molar refractivity (Wildman–Crippen MR) is 98.3 cm³/mol. The Morgan fingerprint density at radius 1 is 1.00 bits per heavy atom. The van der Waals surface area contributed by atoms with E-state index in [2.05, 4.69) is 4.98 Å². The van der Waals surface area contributed by atoms with Gasteiger partial charge in [0.1, 0.15) is 11.5 Å². The Balaban J connectivity index is 1.37. The molecule has 1 aliphatic heterocycles. The lowest BCUT2D eigenvalue weighted by molar-refractivity contribution is 0.0625. The molecule has 0 radical (unpaired) electrons. The van der Waals surface area contributed by atoms with Crippen LogP contribution in [0.5, 0.6) is 0 Å². The van der Waals surface area contributed by atoms with E-state index in [9.17, 15) is 14.0 Å². The van der Waals surface area contributed by atoms with Crippen molar-refractivity contribution >= 4 is 17.3 Å². The summed E-state index contributed by atoms with van der Waals surface area (Å²) in [6.45, 7) is 2.62. The van der Waals surface area contributed by atoms with Crippen LogP contribution in [-0.4, -0.2) is 63.6 Å². The molecule has 27 heavy (non-hydrogen) atoms. The number of carbonyl (C=O) groups is 2. The molecule has 0 aliphatic carbocycles. The zero-order valence-electron chi connectivity index (χ0n) is 14.7. The van der Waals surface area contributed by atoms with Crippen molar-refractivity contribution in [3.63, 3.8) is 0 Å². The fourth-order valence-corrected chi connectivity index (χ4v) is 3.32. The zero-order valence-corrected chi connectivity index (χ0v) is 14.7. The lowest BCUT2D eigenvalue weighted by Crippen LogP contribution is -2.50. The molecule has 1 amide bonds. The van der Waals surface area contributed by atoms with E-state index < -0.39 is 0 Å². The maximum absolute atomic E-state index is 13.0. The highest BCUT2D eigenvalue weighted by Gasteiger charge is 2.25. The van der Waals surface area contributed by atoms with E-state index in [0.717, 1.165) is 0 Å². The standard InChI is InChI=1S/C20H19FN4O2/c21-16-5-3-15(4-6-16)18(26)14-23-10-12-25(13-11-23)20(27)17-2-1-8-24-9-7-22-19(17)24/h1-9H,10-14H2. The highest BCUT2D eigenvalue weighted by atomic mass is 19.1. The van der Waals surface area contributed by atoms with Crippen molar-refractivity contribution in [2.24, 2.45) is 0 Å². The first kappa shape index (κ1) is 17.4. The van der Waals surface area contributed by atoms with Gasteiger partial charge in [-0.25, -0.2) is 9.37 Å². The number of aromatic nitrogens is 2. The number of piperazine rings is 1. The molecule has 0 unspecified atom stereocenters. The van der Waals surface area contributed by atoms with E-state index >= 15 is 0 Å². The third kappa shape index (κ3) is 3.59. The van der Waals surface area contributed by atoms with E-state index in [0.29, 0.717) is 43.0 Å². The third-order valence-corrected chi connectivity index (χ3v) is 4.84. The summed E-state index contributed by atoms with van der Waals surface area (Å²) in [6, 6.07) is 9.21. The number of ketones is 1. The number of hydrogen-bond donors (Lipinski definition) is 0. The minimum absolute atomic E-state index is 0.0445. The summed E-state index contributed by atoms with van der Waals surface area (Å²) in [7, 11) is 0. The number of carbonyl (C=O) groups excluding carboxylic acids is 2. The number of amides is 1. The zero-order chi connectivity index (χ0) is 18.8. The molecule has 3 heterocycles. The number of fused-ring (bicyclic) bond motifs is 1. The molecular formula is C20H19FN4O2. The van der Waals surface area contributed by atoms with Gasteiger partial charge in [-0.2, -0.15) is 0 Å². The van der Waals surface area contributed by atoms with Gasteiger partial charge in [0.05, 0.1) is 12.1 Å². The molecule has 1 aliphatic rings. The van der Waals surface area contributed by atoms with Crippen molar-refractivity contribution in [3.05, 3.63) is 71.9 Å². The number of hydrogen-bond acceptors (Lipinski definition) is 4. The largest absolute Gasteiger partial charge is 0.336 e. The van der Waals surface area contributed by atoms with Crippen LogP contribution in [-0.2, 0) is 0 Å². The van der Waals surface area contributed by atoms with Gasteiger partial charge >= 0.3 is 0 Å². The van der Waals surface area contributed by atoms with Crippen LogP contribution in [0.3, 0.4) is 0 Å². The van der Waals surface area contributed by atoms with Gasteiger partial charge in [0, 0.05) is 50.3 Å². The van der Waals surface area contributed by atoms with Crippen LogP contribution < -0.4 is 0 Å². The Morgan fingerprint density at radius 3 is 2.48 bits per heavy atom. The summed E-state index contributed by atoms with van der Waals surface area (Å²) in [6.07, 6.45) is 5.34. The molecule has 4 rings (SSSR count). The number of halogens is 1. The van der Waals surface area contributed by atoms with Crippen LogP contribution in [0.25, 0.3) is 5.65 Å². The molecular weight excluding hydrogens is 347 g/mol. The second kappa shape index (κ2) is 7.28. The molecule has 0 atom stereocenters. The first-order valence-electron chi connectivity index (χ1n) is 8.84. The van der Waals surface area contributed by atoms with Gasteiger partial charge in [0.2, 0.25) is 0 Å². The summed E-state index contributed by atoms with van der Waals surface area (Å²) in [5.41, 5.74) is 1.73. The van der Waals surface area contributed by atoms with E-state index in [4.69, 9.17) is 0 Å². The summed E-state index contributed by atoms with van der Waals surface area (Å²) in [5, 5.41) is 0. The molecule has 3 aromatic rings. The Morgan fingerprint density at radius 2 is 1.74 bits per heavy atom. The highest BCUT2D eigenvalue weighted by Crippen LogP contribution is 2.14. The highest BCUT2D eigenvalue weighted by molar-refractivity contribution is 6.00. The Labute approximate surface area is 155 Å². The molecule has 138 valence electrons. The van der Waals surface area contributed by atoms with Crippen molar-refractivity contribution in [1.82, 2.24) is 19.2 Å². The Kier molecular flexibility index (Phi) is 4.68. The molecule has 6 nitrogen and oxygen atoms in total. The molecule has 0 saturated carbocycles.